The maximum Gasteiger partial charge on any atom is 0.267 e. The number of sulfonamides is 1. The minimum Gasteiger partial charge on any atom is -0.371 e. The molecule has 2 aliphatic rings. The van der Waals surface area contributed by atoms with Gasteiger partial charge in [0.05, 0.1) is 5.02 Å². The fourth-order valence-electron chi connectivity index (χ4n) is 5.41. The Morgan fingerprint density at radius 2 is 2.03 bits per heavy atom. The molecule has 0 amide bonds. The van der Waals surface area contributed by atoms with Crippen LogP contribution in [0.3, 0.4) is 0 Å². The summed E-state index contributed by atoms with van der Waals surface area (Å²) in [7, 11) is -0.209. The number of halogens is 3. The molecule has 32 heavy (non-hydrogen) atoms. The summed E-state index contributed by atoms with van der Waals surface area (Å²) in [6, 6.07) is 5.65. The number of benzene rings is 1. The van der Waals surface area contributed by atoms with Crippen LogP contribution in [0.1, 0.15) is 31.2 Å². The van der Waals surface area contributed by atoms with E-state index in [1.165, 1.54) is 24.6 Å². The third-order valence-corrected chi connectivity index (χ3v) is 8.65. The van der Waals surface area contributed by atoms with E-state index >= 15 is 4.39 Å². The summed E-state index contributed by atoms with van der Waals surface area (Å²) in [4.78, 5) is 7.21. The van der Waals surface area contributed by atoms with Gasteiger partial charge in [-0.3, -0.25) is 4.72 Å². The largest absolute Gasteiger partial charge is 0.371 e. The van der Waals surface area contributed by atoms with Crippen molar-refractivity contribution >= 4 is 33.1 Å². The van der Waals surface area contributed by atoms with E-state index in [2.05, 4.69) is 33.6 Å². The molecule has 0 unspecified atom stereocenters. The van der Waals surface area contributed by atoms with Crippen LogP contribution in [-0.2, 0) is 10.0 Å². The summed E-state index contributed by atoms with van der Waals surface area (Å²) in [6.45, 7) is 3.10. The molecule has 174 valence electrons. The lowest BCUT2D eigenvalue weighted by Gasteiger charge is -2.36. The number of rotatable bonds is 5. The Labute approximate surface area is 192 Å². The normalized spacial score (nSPS) is 23.5. The molecule has 10 heteroatoms. The molecule has 1 saturated heterocycles. The number of pyridine rings is 1. The van der Waals surface area contributed by atoms with Crippen molar-refractivity contribution in [3.8, 4) is 0 Å². The second-order valence-electron chi connectivity index (χ2n) is 9.00. The van der Waals surface area contributed by atoms with E-state index < -0.39 is 26.7 Å². The molecule has 1 saturated carbocycles. The molecule has 1 aliphatic heterocycles. The second-order valence-corrected chi connectivity index (χ2v) is 11.0. The zero-order valence-electron chi connectivity index (χ0n) is 18.3. The Hall–Kier alpha value is -1.97. The molecule has 1 spiro atoms. The highest BCUT2D eigenvalue weighted by atomic mass is 35.5. The smallest absolute Gasteiger partial charge is 0.267 e. The van der Waals surface area contributed by atoms with Crippen molar-refractivity contribution in [3.63, 3.8) is 0 Å². The predicted molar refractivity (Wildman–Crippen MR) is 122 cm³/mol. The van der Waals surface area contributed by atoms with Gasteiger partial charge in [0.2, 0.25) is 5.95 Å². The number of hydrogen-bond donors (Lipinski definition) is 1. The van der Waals surface area contributed by atoms with Crippen molar-refractivity contribution in [2.45, 2.75) is 43.5 Å². The highest BCUT2D eigenvalue weighted by Gasteiger charge is 2.48. The van der Waals surface area contributed by atoms with E-state index in [0.29, 0.717) is 11.7 Å². The van der Waals surface area contributed by atoms with Crippen molar-refractivity contribution in [2.75, 3.05) is 36.8 Å². The topological polar surface area (TPSA) is 65.5 Å². The summed E-state index contributed by atoms with van der Waals surface area (Å²) < 4.78 is 56.5. The van der Waals surface area contributed by atoms with Gasteiger partial charge in [0.1, 0.15) is 16.5 Å². The molecule has 1 aliphatic carbocycles. The average molecular weight is 485 g/mol. The van der Waals surface area contributed by atoms with Crippen LogP contribution in [0.15, 0.2) is 29.2 Å². The Bertz CT molecular complexity index is 1140. The van der Waals surface area contributed by atoms with E-state index in [1.807, 2.05) is 0 Å². The number of nitrogens with one attached hydrogen (secondary N) is 1. The van der Waals surface area contributed by atoms with Gasteiger partial charge in [-0.05, 0) is 58.5 Å². The molecule has 2 aromatic rings. The van der Waals surface area contributed by atoms with Gasteiger partial charge in [0.25, 0.3) is 10.0 Å². The Morgan fingerprint density at radius 1 is 1.28 bits per heavy atom. The van der Waals surface area contributed by atoms with Gasteiger partial charge in [-0.1, -0.05) is 24.1 Å². The Kier molecular flexibility index (Phi) is 6.11. The SMILES string of the molecule is Cc1c(N2CC[C@]3(CCC[C@H]3N(C)C)C2)cc(Cl)c(S(=O)(=O)Nc2cccc(F)n2)c1F. The lowest BCUT2D eigenvalue weighted by molar-refractivity contribution is 0.153. The summed E-state index contributed by atoms with van der Waals surface area (Å²) in [5.74, 6) is -2.01. The fourth-order valence-corrected chi connectivity index (χ4v) is 7.10. The zero-order valence-corrected chi connectivity index (χ0v) is 19.9. The van der Waals surface area contributed by atoms with Crippen LogP contribution in [0.4, 0.5) is 20.3 Å². The van der Waals surface area contributed by atoms with Gasteiger partial charge in [-0.25, -0.2) is 17.8 Å². The Balaban J connectivity index is 1.65. The average Bonchev–Trinajstić information content (AvgIpc) is 3.31. The highest BCUT2D eigenvalue weighted by molar-refractivity contribution is 7.92. The van der Waals surface area contributed by atoms with E-state index in [-0.39, 0.29) is 21.8 Å². The number of anilines is 2. The third-order valence-electron chi connectivity index (χ3n) is 6.82. The van der Waals surface area contributed by atoms with Crippen molar-refractivity contribution in [1.82, 2.24) is 9.88 Å². The van der Waals surface area contributed by atoms with Crippen LogP contribution < -0.4 is 9.62 Å². The lowest BCUT2D eigenvalue weighted by atomic mass is 9.81. The predicted octanol–water partition coefficient (Wildman–Crippen LogP) is 4.43. The van der Waals surface area contributed by atoms with Gasteiger partial charge in [-0.2, -0.15) is 4.39 Å². The van der Waals surface area contributed by atoms with E-state index in [4.69, 9.17) is 11.6 Å². The molecule has 1 aromatic carbocycles. The molecular weight excluding hydrogens is 458 g/mol. The minimum absolute atomic E-state index is 0.147. The summed E-state index contributed by atoms with van der Waals surface area (Å²) in [5, 5.41) is -0.219. The van der Waals surface area contributed by atoms with E-state index in [9.17, 15) is 12.8 Å². The molecule has 6 nitrogen and oxygen atoms in total. The number of aromatic nitrogens is 1. The monoisotopic (exact) mass is 484 g/mol. The van der Waals surface area contributed by atoms with Crippen molar-refractivity contribution in [1.29, 1.82) is 0 Å². The van der Waals surface area contributed by atoms with E-state index in [1.54, 1.807) is 6.92 Å². The first-order valence-electron chi connectivity index (χ1n) is 10.6. The molecule has 2 heterocycles. The minimum atomic E-state index is -4.41. The highest BCUT2D eigenvalue weighted by Crippen LogP contribution is 2.49. The molecule has 0 bridgehead atoms. The van der Waals surface area contributed by atoms with Crippen LogP contribution >= 0.6 is 11.6 Å². The van der Waals surface area contributed by atoms with Crippen molar-refractivity contribution in [2.24, 2.45) is 5.41 Å². The molecule has 2 fully saturated rings. The van der Waals surface area contributed by atoms with Gasteiger partial charge < -0.3 is 9.80 Å². The zero-order chi connectivity index (χ0) is 23.3. The Morgan fingerprint density at radius 3 is 2.72 bits per heavy atom. The molecule has 4 rings (SSSR count). The van der Waals surface area contributed by atoms with Crippen LogP contribution in [0.25, 0.3) is 0 Å². The molecule has 0 radical (unpaired) electrons. The van der Waals surface area contributed by atoms with Gasteiger partial charge in [0.15, 0.2) is 0 Å². The fraction of sp³-hybridized carbons (Fsp3) is 0.500. The first kappa shape index (κ1) is 23.2. The maximum atomic E-state index is 15.4. The van der Waals surface area contributed by atoms with Gasteiger partial charge in [0, 0.05) is 35.8 Å². The van der Waals surface area contributed by atoms with Gasteiger partial charge in [-0.15, -0.1) is 0 Å². The molecule has 1 N–H and O–H groups in total. The summed E-state index contributed by atoms with van der Waals surface area (Å²) >= 11 is 6.31. The summed E-state index contributed by atoms with van der Waals surface area (Å²) in [6.07, 6.45) is 4.44. The maximum absolute atomic E-state index is 15.4. The molecule has 1 aromatic heterocycles. The quantitative estimate of drug-likeness (QED) is 0.636. The molecular formula is C22H27ClF2N4O2S. The summed E-state index contributed by atoms with van der Waals surface area (Å²) in [5.41, 5.74) is 0.976. The number of nitrogens with zero attached hydrogens (tertiary/aromatic N) is 3. The van der Waals surface area contributed by atoms with Crippen LogP contribution in [0, 0.1) is 24.1 Å². The second kappa shape index (κ2) is 8.43. The van der Waals surface area contributed by atoms with Crippen molar-refractivity contribution < 1.29 is 17.2 Å². The lowest BCUT2D eigenvalue weighted by Crippen LogP contribution is -2.42. The first-order valence-corrected chi connectivity index (χ1v) is 12.5. The first-order chi connectivity index (χ1) is 15.0. The van der Waals surface area contributed by atoms with Crippen LogP contribution in [0.2, 0.25) is 5.02 Å². The van der Waals surface area contributed by atoms with Crippen LogP contribution in [-0.4, -0.2) is 51.5 Å². The van der Waals surface area contributed by atoms with E-state index in [0.717, 1.165) is 38.4 Å². The third kappa shape index (κ3) is 4.06. The van der Waals surface area contributed by atoms with Gasteiger partial charge >= 0.3 is 0 Å². The number of hydrogen-bond acceptors (Lipinski definition) is 5. The standard InChI is InChI=1S/C22H27ClF2N4O2S/c1-14-16(29-11-10-22(13-29)9-5-6-17(22)28(2)3)12-15(23)21(20(14)25)32(30,31)27-19-8-4-7-18(24)26-19/h4,7-8,12,17H,5-6,9-11,13H2,1-3H3,(H,26,27)/t17-,22-/m1/s1. The van der Waals surface area contributed by atoms with Crippen molar-refractivity contribution in [3.05, 3.63) is 46.6 Å². The molecule has 2 atom stereocenters. The van der Waals surface area contributed by atoms with Crippen LogP contribution in [0.5, 0.6) is 0 Å².